The van der Waals surface area contributed by atoms with Crippen LogP contribution in [0.25, 0.3) is 5.57 Å². The third-order valence-corrected chi connectivity index (χ3v) is 3.73. The zero-order chi connectivity index (χ0) is 14.2. The highest BCUT2D eigenvalue weighted by Gasteiger charge is 2.24. The molecule has 4 nitrogen and oxygen atoms in total. The number of allylic oxidation sites excluding steroid dienone is 2. The number of benzene rings is 1. The molecule has 1 aliphatic heterocycles. The van der Waals surface area contributed by atoms with E-state index in [-0.39, 0.29) is 0 Å². The second kappa shape index (κ2) is 4.59. The molecule has 2 aliphatic rings. The van der Waals surface area contributed by atoms with Crippen LogP contribution in [0, 0.1) is 0 Å². The molecule has 0 amide bonds. The van der Waals surface area contributed by atoms with Crippen molar-refractivity contribution in [3.05, 3.63) is 71.8 Å². The summed E-state index contributed by atoms with van der Waals surface area (Å²) in [6.07, 6.45) is 4.66. The molecule has 0 spiro atoms. The highest BCUT2D eigenvalue weighted by atomic mass is 15.0. The van der Waals surface area contributed by atoms with Crippen LogP contribution in [0.5, 0.6) is 0 Å². The predicted molar refractivity (Wildman–Crippen MR) is 85.2 cm³/mol. The summed E-state index contributed by atoms with van der Waals surface area (Å²) < 4.78 is 0. The summed E-state index contributed by atoms with van der Waals surface area (Å²) >= 11 is 0. The molecule has 2 heterocycles. The Kier molecular flexibility index (Phi) is 2.60. The van der Waals surface area contributed by atoms with Gasteiger partial charge in [-0.15, -0.1) is 0 Å². The van der Waals surface area contributed by atoms with Crippen LogP contribution in [0.4, 0.5) is 11.4 Å². The van der Waals surface area contributed by atoms with Crippen LogP contribution in [-0.2, 0) is 0 Å². The maximum Gasteiger partial charge on any atom is 0.110 e. The van der Waals surface area contributed by atoms with E-state index >= 15 is 0 Å². The first-order chi connectivity index (χ1) is 10.3. The van der Waals surface area contributed by atoms with Crippen molar-refractivity contribution in [3.8, 4) is 0 Å². The van der Waals surface area contributed by atoms with Crippen molar-refractivity contribution in [2.24, 2.45) is 10.7 Å². The maximum atomic E-state index is 6.35. The van der Waals surface area contributed by atoms with Crippen LogP contribution in [0.2, 0.25) is 0 Å². The number of hydrogen-bond acceptors (Lipinski definition) is 4. The molecule has 4 rings (SSSR count). The van der Waals surface area contributed by atoms with Crippen LogP contribution >= 0.6 is 0 Å². The molecule has 0 atom stereocenters. The minimum Gasteiger partial charge on any atom is -0.397 e. The van der Waals surface area contributed by atoms with Gasteiger partial charge < -0.3 is 11.1 Å². The van der Waals surface area contributed by atoms with Crippen LogP contribution in [-0.4, -0.2) is 10.7 Å². The van der Waals surface area contributed by atoms with Gasteiger partial charge in [0.05, 0.1) is 28.5 Å². The molecule has 1 aromatic carbocycles. The van der Waals surface area contributed by atoms with Gasteiger partial charge in [0.2, 0.25) is 0 Å². The fourth-order valence-corrected chi connectivity index (χ4v) is 2.66. The minimum absolute atomic E-state index is 0.702. The van der Waals surface area contributed by atoms with E-state index in [0.717, 1.165) is 40.5 Å². The number of rotatable bonds is 1. The lowest BCUT2D eigenvalue weighted by Gasteiger charge is -2.25. The number of anilines is 1. The van der Waals surface area contributed by atoms with E-state index in [1.54, 1.807) is 6.20 Å². The van der Waals surface area contributed by atoms with E-state index in [9.17, 15) is 0 Å². The zero-order valence-corrected chi connectivity index (χ0v) is 11.4. The normalized spacial score (nSPS) is 16.4. The van der Waals surface area contributed by atoms with Gasteiger partial charge in [-0.3, -0.25) is 4.98 Å². The van der Waals surface area contributed by atoms with E-state index in [1.165, 1.54) is 0 Å². The molecule has 3 N–H and O–H groups in total. The number of nitrogens with two attached hydrogens (primary N) is 1. The van der Waals surface area contributed by atoms with Gasteiger partial charge in [-0.25, -0.2) is 4.99 Å². The van der Waals surface area contributed by atoms with E-state index < -0.39 is 0 Å². The third-order valence-electron chi connectivity index (χ3n) is 3.73. The molecule has 0 radical (unpaired) electrons. The second-order valence-corrected chi connectivity index (χ2v) is 5.03. The van der Waals surface area contributed by atoms with Crippen molar-refractivity contribution >= 4 is 22.7 Å². The van der Waals surface area contributed by atoms with E-state index in [1.807, 2.05) is 42.5 Å². The number of nitrogens with zero attached hydrogens (tertiary/aromatic N) is 2. The van der Waals surface area contributed by atoms with Gasteiger partial charge in [-0.05, 0) is 30.7 Å². The van der Waals surface area contributed by atoms with Crippen molar-refractivity contribution < 1.29 is 0 Å². The molecule has 1 aliphatic carbocycles. The Morgan fingerprint density at radius 3 is 2.76 bits per heavy atom. The Hall–Kier alpha value is -2.88. The summed E-state index contributed by atoms with van der Waals surface area (Å²) in [4.78, 5) is 9.09. The Balaban J connectivity index is 1.85. The Morgan fingerprint density at radius 1 is 1.05 bits per heavy atom. The SMILES string of the molecule is NC1=C(c2ccccn2)CC=C2Nc3ccccc3N=C21. The fourth-order valence-electron chi connectivity index (χ4n) is 2.66. The van der Waals surface area contributed by atoms with Gasteiger partial charge in [-0.2, -0.15) is 0 Å². The van der Waals surface area contributed by atoms with Crippen LogP contribution in [0.1, 0.15) is 12.1 Å². The first kappa shape index (κ1) is 11.9. The van der Waals surface area contributed by atoms with Gasteiger partial charge in [0.15, 0.2) is 0 Å². The predicted octanol–water partition coefficient (Wildman–Crippen LogP) is 3.24. The molecule has 0 fully saturated rings. The summed E-state index contributed by atoms with van der Waals surface area (Å²) in [5.41, 5.74) is 12.7. The summed E-state index contributed by atoms with van der Waals surface area (Å²) in [7, 11) is 0. The van der Waals surface area contributed by atoms with Crippen molar-refractivity contribution in [1.82, 2.24) is 4.98 Å². The van der Waals surface area contributed by atoms with Crippen LogP contribution in [0.15, 0.2) is 71.1 Å². The quantitative estimate of drug-likeness (QED) is 0.839. The Labute approximate surface area is 122 Å². The molecule has 0 bridgehead atoms. The first-order valence-electron chi connectivity index (χ1n) is 6.88. The average Bonchev–Trinajstić information content (AvgIpc) is 2.55. The fraction of sp³-hybridized carbons (Fsp3) is 0.0588. The standard InChI is InChI=1S/C17H14N4/c18-16-11(12-5-3-4-10-19-12)8-9-15-17(16)21-14-7-2-1-6-13(14)20-15/h1-7,9-10,20H,8,18H2. The third kappa shape index (κ3) is 1.92. The van der Waals surface area contributed by atoms with Crippen LogP contribution < -0.4 is 11.1 Å². The average molecular weight is 274 g/mol. The number of pyridine rings is 1. The second-order valence-electron chi connectivity index (χ2n) is 5.03. The molecule has 0 saturated carbocycles. The lowest BCUT2D eigenvalue weighted by atomic mass is 9.94. The van der Waals surface area contributed by atoms with Crippen molar-refractivity contribution in [3.63, 3.8) is 0 Å². The Morgan fingerprint density at radius 2 is 1.90 bits per heavy atom. The molecule has 0 unspecified atom stereocenters. The smallest absolute Gasteiger partial charge is 0.110 e. The molecule has 2 aromatic rings. The van der Waals surface area contributed by atoms with Gasteiger partial charge >= 0.3 is 0 Å². The highest BCUT2D eigenvalue weighted by molar-refractivity contribution is 6.21. The van der Waals surface area contributed by atoms with Gasteiger partial charge in [0.25, 0.3) is 0 Å². The summed E-state index contributed by atoms with van der Waals surface area (Å²) in [6, 6.07) is 13.8. The molecule has 1 aromatic heterocycles. The monoisotopic (exact) mass is 274 g/mol. The largest absolute Gasteiger partial charge is 0.397 e. The Bertz CT molecular complexity index is 801. The molecule has 0 saturated heterocycles. The maximum absolute atomic E-state index is 6.35. The van der Waals surface area contributed by atoms with E-state index in [0.29, 0.717) is 5.70 Å². The molecule has 4 heteroatoms. The van der Waals surface area contributed by atoms with E-state index in [2.05, 4.69) is 16.4 Å². The molecular weight excluding hydrogens is 260 g/mol. The van der Waals surface area contributed by atoms with Gasteiger partial charge in [0, 0.05) is 11.8 Å². The number of aliphatic imine (C=N–C) groups is 1. The molecular formula is C17H14N4. The number of aromatic nitrogens is 1. The number of hydrogen-bond donors (Lipinski definition) is 2. The van der Waals surface area contributed by atoms with Crippen molar-refractivity contribution in [1.29, 1.82) is 0 Å². The topological polar surface area (TPSA) is 63.3 Å². The van der Waals surface area contributed by atoms with Gasteiger partial charge in [-0.1, -0.05) is 24.3 Å². The number of para-hydroxylation sites is 2. The molecule has 21 heavy (non-hydrogen) atoms. The summed E-state index contributed by atoms with van der Waals surface area (Å²) in [5, 5.41) is 3.40. The van der Waals surface area contributed by atoms with Crippen LogP contribution in [0.3, 0.4) is 0 Å². The number of nitrogens with one attached hydrogen (secondary N) is 1. The van der Waals surface area contributed by atoms with Gasteiger partial charge in [0.1, 0.15) is 5.71 Å². The lowest BCUT2D eigenvalue weighted by Crippen LogP contribution is -2.25. The molecule has 102 valence electrons. The lowest BCUT2D eigenvalue weighted by molar-refractivity contribution is 1.18. The zero-order valence-electron chi connectivity index (χ0n) is 11.4. The summed E-state index contributed by atoms with van der Waals surface area (Å²) in [6.45, 7) is 0. The van der Waals surface area contributed by atoms with Crippen molar-refractivity contribution in [2.45, 2.75) is 6.42 Å². The first-order valence-corrected chi connectivity index (χ1v) is 6.88. The van der Waals surface area contributed by atoms with Crippen molar-refractivity contribution in [2.75, 3.05) is 5.32 Å². The number of fused-ring (bicyclic) bond motifs is 2. The minimum atomic E-state index is 0.702. The summed E-state index contributed by atoms with van der Waals surface area (Å²) in [5.74, 6) is 0. The van der Waals surface area contributed by atoms with E-state index in [4.69, 9.17) is 10.7 Å². The highest BCUT2D eigenvalue weighted by Crippen LogP contribution is 2.35.